The van der Waals surface area contributed by atoms with Crippen molar-refractivity contribution in [1.29, 1.82) is 0 Å². The second-order valence-electron chi connectivity index (χ2n) is 4.17. The fraction of sp³-hybridized carbons (Fsp3) is 0.500. The monoisotopic (exact) mass is 222 g/mol. The predicted molar refractivity (Wildman–Crippen MR) is 58.5 cm³/mol. The molecule has 1 aliphatic rings. The van der Waals surface area contributed by atoms with Crippen molar-refractivity contribution in [3.63, 3.8) is 0 Å². The van der Waals surface area contributed by atoms with Crippen molar-refractivity contribution in [2.45, 2.75) is 19.8 Å². The Kier molecular flexibility index (Phi) is 3.49. The second kappa shape index (κ2) is 5.05. The highest BCUT2D eigenvalue weighted by Gasteiger charge is 2.19. The maximum Gasteiger partial charge on any atom is 0.219 e. The van der Waals surface area contributed by atoms with Gasteiger partial charge in [0.15, 0.2) is 0 Å². The van der Waals surface area contributed by atoms with Crippen LogP contribution in [0.5, 0.6) is 5.88 Å². The van der Waals surface area contributed by atoms with Crippen LogP contribution in [0.3, 0.4) is 0 Å². The number of ether oxygens (including phenoxy) is 1. The van der Waals surface area contributed by atoms with Gasteiger partial charge in [0.25, 0.3) is 0 Å². The zero-order chi connectivity index (χ0) is 11.4. The average molecular weight is 222 g/mol. The van der Waals surface area contributed by atoms with Crippen LogP contribution < -0.4 is 4.74 Å². The van der Waals surface area contributed by atoms with Gasteiger partial charge in [0.05, 0.1) is 12.7 Å². The first-order valence-electron chi connectivity index (χ1n) is 5.51. The fourth-order valence-electron chi connectivity index (χ4n) is 1.83. The van der Waals surface area contributed by atoms with Crippen LogP contribution in [0, 0.1) is 17.8 Å². The van der Waals surface area contributed by atoms with Crippen molar-refractivity contribution in [3.05, 3.63) is 30.5 Å². The van der Waals surface area contributed by atoms with Gasteiger partial charge in [0.1, 0.15) is 6.33 Å². The van der Waals surface area contributed by atoms with E-state index in [2.05, 4.69) is 29.0 Å². The van der Waals surface area contributed by atoms with E-state index in [1.165, 1.54) is 12.4 Å². The number of halogens is 1. The third-order valence-electron chi connectivity index (χ3n) is 2.97. The predicted octanol–water partition coefficient (Wildman–Crippen LogP) is 2.60. The third kappa shape index (κ3) is 2.78. The van der Waals surface area contributed by atoms with E-state index in [1.807, 2.05) is 0 Å². The number of hydrogen-bond donors (Lipinski definition) is 0. The van der Waals surface area contributed by atoms with Crippen LogP contribution >= 0.6 is 0 Å². The minimum absolute atomic E-state index is 0.314. The van der Waals surface area contributed by atoms with Gasteiger partial charge in [0, 0.05) is 0 Å². The van der Waals surface area contributed by atoms with Crippen molar-refractivity contribution < 1.29 is 9.13 Å². The standard InChI is InChI=1S/C12H15FN2O/c1-9-4-2-3-5-10(9)7-16-12-6-11(13)14-8-15-12/h2-3,6,8-10H,4-5,7H2,1H3. The van der Waals surface area contributed by atoms with Crippen molar-refractivity contribution >= 4 is 0 Å². The molecule has 2 atom stereocenters. The van der Waals surface area contributed by atoms with E-state index in [0.29, 0.717) is 24.3 Å². The van der Waals surface area contributed by atoms with E-state index in [0.717, 1.165) is 12.8 Å². The highest BCUT2D eigenvalue weighted by molar-refractivity contribution is 5.06. The summed E-state index contributed by atoms with van der Waals surface area (Å²) in [6.07, 6.45) is 7.66. The molecule has 0 aromatic carbocycles. The Morgan fingerprint density at radius 1 is 1.38 bits per heavy atom. The number of aromatic nitrogens is 2. The molecule has 0 spiro atoms. The van der Waals surface area contributed by atoms with Crippen LogP contribution in [-0.2, 0) is 0 Å². The Bertz CT molecular complexity index is 381. The van der Waals surface area contributed by atoms with Crippen LogP contribution in [0.4, 0.5) is 4.39 Å². The van der Waals surface area contributed by atoms with Crippen molar-refractivity contribution in [1.82, 2.24) is 9.97 Å². The van der Waals surface area contributed by atoms with Crippen molar-refractivity contribution in [2.24, 2.45) is 11.8 Å². The molecular formula is C12H15FN2O. The molecule has 0 N–H and O–H groups in total. The summed E-state index contributed by atoms with van der Waals surface area (Å²) in [5, 5.41) is 0. The Labute approximate surface area is 94.4 Å². The van der Waals surface area contributed by atoms with Crippen molar-refractivity contribution in [2.75, 3.05) is 6.61 Å². The summed E-state index contributed by atoms with van der Waals surface area (Å²) in [5.41, 5.74) is 0. The SMILES string of the molecule is CC1CC=CCC1COc1cc(F)ncn1. The minimum atomic E-state index is -0.554. The molecule has 0 aliphatic heterocycles. The number of rotatable bonds is 3. The number of allylic oxidation sites excluding steroid dienone is 2. The highest BCUT2D eigenvalue weighted by Crippen LogP contribution is 2.25. The molecule has 4 heteroatoms. The summed E-state index contributed by atoms with van der Waals surface area (Å²) in [7, 11) is 0. The van der Waals surface area contributed by atoms with E-state index < -0.39 is 5.95 Å². The molecule has 2 unspecified atom stereocenters. The van der Waals surface area contributed by atoms with Crippen LogP contribution in [-0.4, -0.2) is 16.6 Å². The molecule has 1 aromatic heterocycles. The van der Waals surface area contributed by atoms with Crippen LogP contribution in [0.15, 0.2) is 24.5 Å². The molecule has 0 fully saturated rings. The number of hydrogen-bond acceptors (Lipinski definition) is 3. The largest absolute Gasteiger partial charge is 0.477 e. The average Bonchev–Trinajstić information content (AvgIpc) is 2.28. The van der Waals surface area contributed by atoms with E-state index in [1.54, 1.807) is 0 Å². The first-order valence-corrected chi connectivity index (χ1v) is 5.51. The van der Waals surface area contributed by atoms with Gasteiger partial charge in [-0.2, -0.15) is 4.39 Å². The van der Waals surface area contributed by atoms with Crippen LogP contribution in [0.25, 0.3) is 0 Å². The highest BCUT2D eigenvalue weighted by atomic mass is 19.1. The molecule has 0 saturated heterocycles. The van der Waals surface area contributed by atoms with Crippen molar-refractivity contribution in [3.8, 4) is 5.88 Å². The Hall–Kier alpha value is -1.45. The molecule has 16 heavy (non-hydrogen) atoms. The van der Waals surface area contributed by atoms with Gasteiger partial charge < -0.3 is 4.74 Å². The summed E-state index contributed by atoms with van der Waals surface area (Å²) in [6, 6.07) is 1.21. The molecule has 2 rings (SSSR count). The molecule has 0 saturated carbocycles. The Morgan fingerprint density at radius 3 is 2.94 bits per heavy atom. The lowest BCUT2D eigenvalue weighted by atomic mass is 9.85. The summed E-state index contributed by atoms with van der Waals surface area (Å²) in [4.78, 5) is 7.24. The molecule has 1 aromatic rings. The Morgan fingerprint density at radius 2 is 2.19 bits per heavy atom. The lowest BCUT2D eigenvalue weighted by Gasteiger charge is -2.24. The topological polar surface area (TPSA) is 35.0 Å². The van der Waals surface area contributed by atoms with Gasteiger partial charge in [-0.3, -0.25) is 0 Å². The molecule has 3 nitrogen and oxygen atoms in total. The van der Waals surface area contributed by atoms with E-state index in [4.69, 9.17) is 4.74 Å². The third-order valence-corrected chi connectivity index (χ3v) is 2.97. The van der Waals surface area contributed by atoms with E-state index >= 15 is 0 Å². The summed E-state index contributed by atoms with van der Waals surface area (Å²) in [5.74, 6) is 0.857. The summed E-state index contributed by atoms with van der Waals surface area (Å²) >= 11 is 0. The second-order valence-corrected chi connectivity index (χ2v) is 4.17. The normalized spacial score (nSPS) is 24.4. The van der Waals surface area contributed by atoms with Gasteiger partial charge >= 0.3 is 0 Å². The summed E-state index contributed by atoms with van der Waals surface area (Å²) in [6.45, 7) is 2.79. The smallest absolute Gasteiger partial charge is 0.219 e. The molecule has 1 aliphatic carbocycles. The van der Waals surface area contributed by atoms with Gasteiger partial charge in [-0.25, -0.2) is 9.97 Å². The summed E-state index contributed by atoms with van der Waals surface area (Å²) < 4.78 is 18.2. The maximum atomic E-state index is 12.8. The maximum absolute atomic E-state index is 12.8. The van der Waals surface area contributed by atoms with E-state index in [-0.39, 0.29) is 0 Å². The zero-order valence-corrected chi connectivity index (χ0v) is 9.27. The number of nitrogens with zero attached hydrogens (tertiary/aromatic N) is 2. The first-order chi connectivity index (χ1) is 7.75. The minimum Gasteiger partial charge on any atom is -0.477 e. The van der Waals surface area contributed by atoms with E-state index in [9.17, 15) is 4.39 Å². The van der Waals surface area contributed by atoms with Crippen LogP contribution in [0.2, 0.25) is 0 Å². The van der Waals surface area contributed by atoms with Gasteiger partial charge in [0.2, 0.25) is 11.8 Å². The molecule has 0 bridgehead atoms. The molecule has 1 heterocycles. The lowest BCUT2D eigenvalue weighted by molar-refractivity contribution is 0.191. The van der Waals surface area contributed by atoms with Gasteiger partial charge in [-0.1, -0.05) is 19.1 Å². The molecular weight excluding hydrogens is 207 g/mol. The molecule has 0 amide bonds. The quantitative estimate of drug-likeness (QED) is 0.582. The lowest BCUT2D eigenvalue weighted by Crippen LogP contribution is -2.21. The van der Waals surface area contributed by atoms with Crippen LogP contribution in [0.1, 0.15) is 19.8 Å². The molecule has 86 valence electrons. The first kappa shape index (κ1) is 11.0. The van der Waals surface area contributed by atoms with Gasteiger partial charge in [-0.15, -0.1) is 0 Å². The zero-order valence-electron chi connectivity index (χ0n) is 9.27. The van der Waals surface area contributed by atoms with Gasteiger partial charge in [-0.05, 0) is 24.7 Å². The Balaban J connectivity index is 1.89. The molecule has 0 radical (unpaired) electrons. The fourth-order valence-corrected chi connectivity index (χ4v) is 1.83.